The Kier molecular flexibility index (Phi) is 18.0. The molecule has 0 fully saturated rings. The summed E-state index contributed by atoms with van der Waals surface area (Å²) in [5.74, 6) is 2.02. The molecule has 0 atom stereocenters. The van der Waals surface area contributed by atoms with E-state index in [1.54, 1.807) is 0 Å². The third kappa shape index (κ3) is 14.0. The summed E-state index contributed by atoms with van der Waals surface area (Å²) < 4.78 is 23.8. The molecule has 0 radical (unpaired) electrons. The second kappa shape index (κ2) is 24.3. The zero-order chi connectivity index (χ0) is 64.4. The topological polar surface area (TPSA) is 27.7 Å². The summed E-state index contributed by atoms with van der Waals surface area (Å²) in [4.78, 5) is 0. The van der Waals surface area contributed by atoms with E-state index >= 15 is 0 Å². The van der Waals surface area contributed by atoms with Gasteiger partial charge in [0.2, 0.25) is 0 Å². The van der Waals surface area contributed by atoms with Crippen LogP contribution in [-0.2, 0) is 32.5 Å². The van der Waals surface area contributed by atoms with Crippen molar-refractivity contribution < 1.29 is 13.6 Å². The highest BCUT2D eigenvalue weighted by Gasteiger charge is 2.35. The Balaban J connectivity index is 1.42. The Labute approximate surface area is 532 Å². The van der Waals surface area contributed by atoms with Gasteiger partial charge in [0.1, 0.15) is 17.2 Å². The summed E-state index contributed by atoms with van der Waals surface area (Å²) in [7, 11) is -2.39. The molecule has 9 aromatic carbocycles. The second-order valence-electron chi connectivity index (χ2n) is 31.3. The lowest BCUT2D eigenvalue weighted by Crippen LogP contribution is -2.16. The fourth-order valence-electron chi connectivity index (χ4n) is 12.7. The number of hydrogen-bond acceptors (Lipinski definition) is 3. The molecule has 0 aliphatic heterocycles. The highest BCUT2D eigenvalue weighted by molar-refractivity contribution is 7.43. The monoisotopic (exact) mass is 1190 g/mol. The van der Waals surface area contributed by atoms with Gasteiger partial charge in [-0.25, -0.2) is 0 Å². The zero-order valence-corrected chi connectivity index (χ0v) is 58.7. The van der Waals surface area contributed by atoms with Crippen LogP contribution in [0.15, 0.2) is 164 Å². The van der Waals surface area contributed by atoms with Crippen LogP contribution in [0.3, 0.4) is 0 Å². The molecule has 0 spiro atoms. The quantitative estimate of drug-likeness (QED) is 0.114. The SMILES string of the molecule is Cc1ccc(-c2cccc(OP(Oc3cccc(-c4ccc(C)cc4C(C)(C)C)c3-c3ccc(C)cc3C(C)(C)C)Oc3cccc(-c4ccc(C)cc4C(C)(C)C)c3-c3ccc(C)cc3C(C)(C)C)c2-c2ccc(C)cc2C(C)(C)C)c(C(C)(C)C)c1. The average molecular weight is 1190 g/mol. The maximum absolute atomic E-state index is 7.93. The lowest BCUT2D eigenvalue weighted by Gasteiger charge is -2.31. The summed E-state index contributed by atoms with van der Waals surface area (Å²) >= 11 is 0. The highest BCUT2D eigenvalue weighted by atomic mass is 31.2. The number of rotatable bonds is 12. The molecule has 3 nitrogen and oxygen atoms in total. The van der Waals surface area contributed by atoms with Crippen LogP contribution in [0.5, 0.6) is 17.2 Å². The first-order valence-corrected chi connectivity index (χ1v) is 32.9. The molecule has 0 bridgehead atoms. The molecule has 88 heavy (non-hydrogen) atoms. The summed E-state index contributed by atoms with van der Waals surface area (Å²) in [6.45, 7) is 54.8. The fourth-order valence-corrected chi connectivity index (χ4v) is 13.7. The van der Waals surface area contributed by atoms with Crippen LogP contribution in [0.1, 0.15) is 191 Å². The van der Waals surface area contributed by atoms with Crippen molar-refractivity contribution in [2.75, 3.05) is 0 Å². The fraction of sp³-hybridized carbons (Fsp3) is 0.357. The Hall–Kier alpha value is -7.19. The van der Waals surface area contributed by atoms with Gasteiger partial charge in [-0.15, -0.1) is 0 Å². The van der Waals surface area contributed by atoms with Crippen LogP contribution in [0.2, 0.25) is 0 Å². The van der Waals surface area contributed by atoms with E-state index in [4.69, 9.17) is 13.6 Å². The Morgan fingerprint density at radius 2 is 0.398 bits per heavy atom. The molecule has 0 amide bonds. The van der Waals surface area contributed by atoms with Gasteiger partial charge in [-0.3, -0.25) is 0 Å². The molecule has 0 heterocycles. The lowest BCUT2D eigenvalue weighted by atomic mass is 9.77. The predicted octanol–water partition coefficient (Wildman–Crippen LogP) is 25.1. The Morgan fingerprint density at radius 1 is 0.216 bits per heavy atom. The van der Waals surface area contributed by atoms with E-state index in [0.29, 0.717) is 17.2 Å². The third-order valence-electron chi connectivity index (χ3n) is 17.2. The van der Waals surface area contributed by atoms with E-state index in [1.807, 2.05) is 0 Å². The minimum Gasteiger partial charge on any atom is -0.408 e. The standard InChI is InChI=1S/C84H99O3P/c1-52-34-40-58(67(46-52)79(7,8)9)61-28-25-31-73(76(61)64-43-37-55(4)49-70(64)82(16,17)18)85-88(86-74-32-26-29-62(59-41-35-53(2)47-68(59)80(10,11)12)77(74)65-44-38-56(5)50-71(65)83(19,20)21)87-75-33-27-30-63(60-42-36-54(3)48-69(60)81(13,14)15)78(75)66-45-39-57(6)51-72(66)84(22,23)24/h25-51H,1-24H3. The lowest BCUT2D eigenvalue weighted by molar-refractivity contribution is 0.390. The van der Waals surface area contributed by atoms with Crippen molar-refractivity contribution in [1.82, 2.24) is 0 Å². The van der Waals surface area contributed by atoms with Crippen LogP contribution < -0.4 is 13.6 Å². The molecule has 9 rings (SSSR count). The van der Waals surface area contributed by atoms with Gasteiger partial charge in [0.05, 0.1) is 0 Å². The van der Waals surface area contributed by atoms with Crippen molar-refractivity contribution in [2.45, 2.75) is 199 Å². The van der Waals surface area contributed by atoms with E-state index in [1.165, 1.54) is 83.5 Å². The van der Waals surface area contributed by atoms with E-state index in [9.17, 15) is 0 Å². The van der Waals surface area contributed by atoms with Crippen LogP contribution in [0.25, 0.3) is 66.8 Å². The Morgan fingerprint density at radius 3 is 0.591 bits per heavy atom. The van der Waals surface area contributed by atoms with Gasteiger partial charge in [0, 0.05) is 16.7 Å². The number of hydrogen-bond donors (Lipinski definition) is 0. The van der Waals surface area contributed by atoms with Gasteiger partial charge >= 0.3 is 8.60 Å². The van der Waals surface area contributed by atoms with Crippen LogP contribution >= 0.6 is 8.60 Å². The molecule has 0 aliphatic rings. The molecule has 4 heteroatoms. The van der Waals surface area contributed by atoms with E-state index in [2.05, 4.69) is 330 Å². The number of aryl methyl sites for hydroxylation is 6. The molecule has 0 saturated carbocycles. The average Bonchev–Trinajstić information content (AvgIpc) is 1.19. The first-order valence-electron chi connectivity index (χ1n) is 31.8. The maximum Gasteiger partial charge on any atom is 0.530 e. The van der Waals surface area contributed by atoms with E-state index in [0.717, 1.165) is 50.1 Å². The van der Waals surface area contributed by atoms with Crippen molar-refractivity contribution in [2.24, 2.45) is 0 Å². The first-order chi connectivity index (χ1) is 40.9. The summed E-state index contributed by atoms with van der Waals surface area (Å²) in [5.41, 5.74) is 26.7. The highest BCUT2D eigenvalue weighted by Crippen LogP contribution is 2.56. The minimum atomic E-state index is -2.39. The van der Waals surface area contributed by atoms with Crippen LogP contribution in [0, 0.1) is 41.5 Å². The van der Waals surface area contributed by atoms with E-state index in [-0.39, 0.29) is 32.5 Å². The minimum absolute atomic E-state index is 0.171. The molecule has 458 valence electrons. The molecule has 0 aromatic heterocycles. The van der Waals surface area contributed by atoms with Gasteiger partial charge in [-0.2, -0.15) is 0 Å². The second-order valence-corrected chi connectivity index (χ2v) is 32.3. The van der Waals surface area contributed by atoms with Gasteiger partial charge < -0.3 is 13.6 Å². The van der Waals surface area contributed by atoms with Crippen molar-refractivity contribution in [3.8, 4) is 84.0 Å². The van der Waals surface area contributed by atoms with Crippen LogP contribution in [0.4, 0.5) is 0 Å². The predicted molar refractivity (Wildman–Crippen MR) is 381 cm³/mol. The zero-order valence-electron chi connectivity index (χ0n) is 57.8. The first kappa shape index (κ1) is 65.3. The van der Waals surface area contributed by atoms with Crippen molar-refractivity contribution in [1.29, 1.82) is 0 Å². The van der Waals surface area contributed by atoms with E-state index < -0.39 is 8.60 Å². The van der Waals surface area contributed by atoms with Crippen molar-refractivity contribution in [3.05, 3.63) is 231 Å². The number of benzene rings is 9. The normalized spacial score (nSPS) is 12.6. The molecular formula is C84H99O3P. The molecular weight excluding hydrogens is 1090 g/mol. The van der Waals surface area contributed by atoms with Crippen LogP contribution in [-0.4, -0.2) is 0 Å². The third-order valence-corrected chi connectivity index (χ3v) is 18.2. The summed E-state index contributed by atoms with van der Waals surface area (Å²) in [5, 5.41) is 0. The van der Waals surface area contributed by atoms with Crippen molar-refractivity contribution >= 4 is 8.60 Å². The molecule has 0 N–H and O–H groups in total. The van der Waals surface area contributed by atoms with Gasteiger partial charge in [-0.05, 0) is 176 Å². The Bertz CT molecular complexity index is 3650. The van der Waals surface area contributed by atoms with Gasteiger partial charge in [0.15, 0.2) is 0 Å². The van der Waals surface area contributed by atoms with Gasteiger partial charge in [0.25, 0.3) is 0 Å². The van der Waals surface area contributed by atoms with Gasteiger partial charge in [-0.1, -0.05) is 304 Å². The maximum atomic E-state index is 7.93. The molecule has 9 aromatic rings. The summed E-state index contributed by atoms with van der Waals surface area (Å²) in [6, 6.07) is 61.2. The molecule has 0 aliphatic carbocycles. The van der Waals surface area contributed by atoms with Crippen molar-refractivity contribution in [3.63, 3.8) is 0 Å². The smallest absolute Gasteiger partial charge is 0.408 e. The molecule has 0 unspecified atom stereocenters. The summed E-state index contributed by atoms with van der Waals surface area (Å²) in [6.07, 6.45) is 0. The largest absolute Gasteiger partial charge is 0.530 e. The molecule has 0 saturated heterocycles.